The highest BCUT2D eigenvalue weighted by atomic mass is 16.5. The Labute approximate surface area is 114 Å². The molecule has 0 aliphatic carbocycles. The van der Waals surface area contributed by atoms with Gasteiger partial charge < -0.3 is 14.2 Å². The van der Waals surface area contributed by atoms with Gasteiger partial charge in [0.15, 0.2) is 0 Å². The molecule has 3 heterocycles. The molecule has 1 N–H and O–H groups in total. The highest BCUT2D eigenvalue weighted by Gasteiger charge is 2.05. The van der Waals surface area contributed by atoms with E-state index in [4.69, 9.17) is 9.84 Å². The van der Waals surface area contributed by atoms with Crippen molar-refractivity contribution < 1.29 is 14.6 Å². The first kappa shape index (κ1) is 12.2. The summed E-state index contributed by atoms with van der Waals surface area (Å²) < 4.78 is 7.43. The average Bonchev–Trinajstić information content (AvgIpc) is 2.88. The molecule has 6 heteroatoms. The van der Waals surface area contributed by atoms with Crippen molar-refractivity contribution in [3.8, 4) is 5.75 Å². The summed E-state index contributed by atoms with van der Waals surface area (Å²) in [5, 5.41) is 8.75. The van der Waals surface area contributed by atoms with Crippen LogP contribution in [0.2, 0.25) is 0 Å². The van der Waals surface area contributed by atoms with Crippen molar-refractivity contribution >= 4 is 11.6 Å². The second-order valence-electron chi connectivity index (χ2n) is 4.17. The minimum Gasteiger partial charge on any atom is -0.486 e. The molecule has 100 valence electrons. The maximum absolute atomic E-state index is 10.7. The summed E-state index contributed by atoms with van der Waals surface area (Å²) in [7, 11) is 0. The number of fused-ring (bicyclic) bond motifs is 1. The molecule has 6 nitrogen and oxygen atoms in total. The van der Waals surface area contributed by atoms with Gasteiger partial charge in [-0.15, -0.1) is 0 Å². The lowest BCUT2D eigenvalue weighted by Gasteiger charge is -2.03. The van der Waals surface area contributed by atoms with Gasteiger partial charge in [0.25, 0.3) is 0 Å². The Kier molecular flexibility index (Phi) is 3.04. The van der Waals surface area contributed by atoms with Crippen LogP contribution in [-0.2, 0) is 6.61 Å². The molecular weight excluding hydrogens is 258 g/mol. The summed E-state index contributed by atoms with van der Waals surface area (Å²) >= 11 is 0. The second-order valence-corrected chi connectivity index (χ2v) is 4.17. The summed E-state index contributed by atoms with van der Waals surface area (Å²) in [6, 6.07) is 8.73. The van der Waals surface area contributed by atoms with Crippen LogP contribution in [-0.4, -0.2) is 25.4 Å². The Bertz CT molecular complexity index is 717. The van der Waals surface area contributed by atoms with Crippen molar-refractivity contribution in [3.05, 3.63) is 60.3 Å². The molecule has 0 fully saturated rings. The summed E-state index contributed by atoms with van der Waals surface area (Å²) in [5.74, 6) is -0.552. The van der Waals surface area contributed by atoms with E-state index in [1.807, 2.05) is 35.0 Å². The third kappa shape index (κ3) is 2.44. The molecular formula is C14H11N3O3. The number of carboxylic acid groups (broad SMARTS) is 1. The van der Waals surface area contributed by atoms with Crippen molar-refractivity contribution in [1.29, 1.82) is 0 Å². The molecule has 3 aromatic heterocycles. The minimum absolute atomic E-state index is 0.00919. The molecule has 20 heavy (non-hydrogen) atoms. The fourth-order valence-electron chi connectivity index (χ4n) is 1.81. The normalized spacial score (nSPS) is 10.6. The number of hydrogen-bond donors (Lipinski definition) is 1. The highest BCUT2D eigenvalue weighted by Crippen LogP contribution is 2.12. The summed E-state index contributed by atoms with van der Waals surface area (Å²) in [6.07, 6.45) is 5.18. The number of nitrogens with zero attached hydrogens (tertiary/aromatic N) is 3. The van der Waals surface area contributed by atoms with Gasteiger partial charge >= 0.3 is 5.97 Å². The van der Waals surface area contributed by atoms with Crippen LogP contribution in [0.25, 0.3) is 5.65 Å². The van der Waals surface area contributed by atoms with Crippen LogP contribution in [0.4, 0.5) is 0 Å². The lowest BCUT2D eigenvalue weighted by atomic mass is 10.3. The van der Waals surface area contributed by atoms with Crippen LogP contribution in [0.15, 0.2) is 48.9 Å². The fourth-order valence-corrected chi connectivity index (χ4v) is 1.81. The maximum Gasteiger partial charge on any atom is 0.354 e. The number of carboxylic acids is 1. The number of ether oxygens (including phenoxy) is 1. The van der Waals surface area contributed by atoms with Gasteiger partial charge in [-0.05, 0) is 24.3 Å². The molecule has 0 aliphatic heterocycles. The largest absolute Gasteiger partial charge is 0.486 e. The molecule has 3 aromatic rings. The van der Waals surface area contributed by atoms with Gasteiger partial charge in [-0.25, -0.2) is 14.8 Å². The van der Waals surface area contributed by atoms with Crippen LogP contribution in [0.5, 0.6) is 5.75 Å². The van der Waals surface area contributed by atoms with Gasteiger partial charge in [0, 0.05) is 12.4 Å². The van der Waals surface area contributed by atoms with Crippen molar-refractivity contribution in [3.63, 3.8) is 0 Å². The van der Waals surface area contributed by atoms with E-state index < -0.39 is 5.97 Å². The first-order valence-electron chi connectivity index (χ1n) is 5.97. The monoisotopic (exact) mass is 269 g/mol. The predicted molar refractivity (Wildman–Crippen MR) is 70.7 cm³/mol. The first-order valence-corrected chi connectivity index (χ1v) is 5.97. The number of pyridine rings is 2. The van der Waals surface area contributed by atoms with Gasteiger partial charge in [0.05, 0.1) is 11.9 Å². The van der Waals surface area contributed by atoms with E-state index in [0.29, 0.717) is 12.4 Å². The molecule has 0 saturated carbocycles. The van der Waals surface area contributed by atoms with Crippen molar-refractivity contribution in [2.24, 2.45) is 0 Å². The lowest BCUT2D eigenvalue weighted by molar-refractivity contribution is 0.0690. The highest BCUT2D eigenvalue weighted by molar-refractivity contribution is 5.85. The standard InChI is InChI=1S/C14H11N3O3/c18-14(19)12-5-4-11(7-15-12)20-9-10-8-17-6-2-1-3-13(17)16-10/h1-8H,9H2,(H,18,19). The lowest BCUT2D eigenvalue weighted by Crippen LogP contribution is -2.01. The molecule has 0 bridgehead atoms. The molecule has 0 aliphatic rings. The summed E-state index contributed by atoms with van der Waals surface area (Å²) in [6.45, 7) is 0.301. The molecule has 3 rings (SSSR count). The van der Waals surface area contributed by atoms with E-state index in [0.717, 1.165) is 11.3 Å². The Morgan fingerprint density at radius 1 is 1.30 bits per heavy atom. The summed E-state index contributed by atoms with van der Waals surface area (Å²) in [5.41, 5.74) is 1.63. The zero-order chi connectivity index (χ0) is 13.9. The molecule has 0 aromatic carbocycles. The van der Waals surface area contributed by atoms with Crippen molar-refractivity contribution in [1.82, 2.24) is 14.4 Å². The van der Waals surface area contributed by atoms with Gasteiger partial charge in [-0.2, -0.15) is 0 Å². The second kappa shape index (κ2) is 5.00. The van der Waals surface area contributed by atoms with Gasteiger partial charge in [-0.1, -0.05) is 6.07 Å². The third-order valence-corrected chi connectivity index (χ3v) is 2.76. The van der Waals surface area contributed by atoms with Crippen LogP contribution >= 0.6 is 0 Å². The first-order chi connectivity index (χ1) is 9.72. The van der Waals surface area contributed by atoms with Gasteiger partial charge in [0.2, 0.25) is 0 Å². The van der Waals surface area contributed by atoms with Crippen LogP contribution in [0.3, 0.4) is 0 Å². The van der Waals surface area contributed by atoms with Crippen molar-refractivity contribution in [2.75, 3.05) is 0 Å². The average molecular weight is 269 g/mol. The molecule has 0 atom stereocenters. The number of hydrogen-bond acceptors (Lipinski definition) is 4. The maximum atomic E-state index is 10.7. The zero-order valence-corrected chi connectivity index (χ0v) is 10.4. The molecule has 0 saturated heterocycles. The smallest absolute Gasteiger partial charge is 0.354 e. The fraction of sp³-hybridized carbons (Fsp3) is 0.0714. The number of carbonyl (C=O) groups is 1. The van der Waals surface area contributed by atoms with E-state index in [2.05, 4.69) is 9.97 Å². The van der Waals surface area contributed by atoms with E-state index in [1.54, 1.807) is 6.07 Å². The molecule has 0 unspecified atom stereocenters. The van der Waals surface area contributed by atoms with E-state index in [9.17, 15) is 4.79 Å². The van der Waals surface area contributed by atoms with Gasteiger partial charge in [0.1, 0.15) is 23.7 Å². The SMILES string of the molecule is O=C(O)c1ccc(OCc2cn3ccccc3n2)cn1. The van der Waals surface area contributed by atoms with Crippen LogP contribution < -0.4 is 4.74 Å². The van der Waals surface area contributed by atoms with Crippen LogP contribution in [0, 0.1) is 0 Å². The molecule has 0 amide bonds. The predicted octanol–water partition coefficient (Wildman–Crippen LogP) is 2.01. The number of imidazole rings is 1. The van der Waals surface area contributed by atoms with E-state index in [-0.39, 0.29) is 5.69 Å². The Balaban J connectivity index is 1.71. The Morgan fingerprint density at radius 3 is 2.90 bits per heavy atom. The zero-order valence-electron chi connectivity index (χ0n) is 10.4. The molecule has 0 radical (unpaired) electrons. The number of aromatic carboxylic acids is 1. The quantitative estimate of drug-likeness (QED) is 0.784. The topological polar surface area (TPSA) is 76.7 Å². The minimum atomic E-state index is -1.06. The third-order valence-electron chi connectivity index (χ3n) is 2.76. The Hall–Kier alpha value is -2.89. The van der Waals surface area contributed by atoms with Gasteiger partial charge in [-0.3, -0.25) is 0 Å². The number of rotatable bonds is 4. The van der Waals surface area contributed by atoms with E-state index in [1.165, 1.54) is 12.3 Å². The van der Waals surface area contributed by atoms with E-state index >= 15 is 0 Å². The Morgan fingerprint density at radius 2 is 2.20 bits per heavy atom. The molecule has 0 spiro atoms. The van der Waals surface area contributed by atoms with Crippen molar-refractivity contribution in [2.45, 2.75) is 6.61 Å². The summed E-state index contributed by atoms with van der Waals surface area (Å²) in [4.78, 5) is 18.9. The van der Waals surface area contributed by atoms with Crippen LogP contribution in [0.1, 0.15) is 16.2 Å². The number of aromatic nitrogens is 3.